The van der Waals surface area contributed by atoms with E-state index in [0.717, 1.165) is 24.0 Å². The molecule has 2 aliphatic rings. The molecule has 4 heterocycles. The van der Waals surface area contributed by atoms with Gasteiger partial charge in [-0.3, -0.25) is 0 Å². The summed E-state index contributed by atoms with van der Waals surface area (Å²) in [7, 11) is 0. The minimum absolute atomic E-state index is 0.133. The van der Waals surface area contributed by atoms with Crippen LogP contribution in [0.4, 0.5) is 4.79 Å². The number of rotatable bonds is 2. The molecule has 0 radical (unpaired) electrons. The molecular weight excluding hydrogens is 272 g/mol. The minimum Gasteiger partial charge on any atom is -0.332 e. The van der Waals surface area contributed by atoms with Gasteiger partial charge in [-0.1, -0.05) is 0 Å². The van der Waals surface area contributed by atoms with Crippen LogP contribution in [0.3, 0.4) is 0 Å². The van der Waals surface area contributed by atoms with Gasteiger partial charge >= 0.3 is 6.03 Å². The van der Waals surface area contributed by atoms with Gasteiger partial charge in [0, 0.05) is 29.9 Å². The minimum atomic E-state index is -0.133. The SMILES string of the molecule is O=C(NC1CC2CCC1N2)n1cc(-c2ccsc2)cn1. The lowest BCUT2D eigenvalue weighted by Gasteiger charge is -2.21. The Labute approximate surface area is 121 Å². The number of nitrogens with zero attached hydrogens (tertiary/aromatic N) is 2. The highest BCUT2D eigenvalue weighted by Crippen LogP contribution is 2.28. The van der Waals surface area contributed by atoms with E-state index in [1.807, 2.05) is 11.4 Å². The average molecular weight is 288 g/mol. The summed E-state index contributed by atoms with van der Waals surface area (Å²) < 4.78 is 1.40. The Balaban J connectivity index is 1.46. The highest BCUT2D eigenvalue weighted by atomic mass is 32.1. The highest BCUT2D eigenvalue weighted by molar-refractivity contribution is 7.08. The first-order chi connectivity index (χ1) is 9.79. The third-order valence-corrected chi connectivity index (χ3v) is 4.94. The van der Waals surface area contributed by atoms with Gasteiger partial charge in [-0.15, -0.1) is 0 Å². The number of nitrogens with one attached hydrogen (secondary N) is 2. The summed E-state index contributed by atoms with van der Waals surface area (Å²) in [4.78, 5) is 12.2. The van der Waals surface area contributed by atoms with Crippen molar-refractivity contribution in [2.45, 2.75) is 37.4 Å². The van der Waals surface area contributed by atoms with Crippen LogP contribution in [0.25, 0.3) is 11.1 Å². The van der Waals surface area contributed by atoms with Gasteiger partial charge in [-0.25, -0.2) is 4.79 Å². The maximum Gasteiger partial charge on any atom is 0.342 e. The second-order valence-corrected chi connectivity index (χ2v) is 6.30. The van der Waals surface area contributed by atoms with Crippen LogP contribution in [-0.4, -0.2) is 33.9 Å². The number of carbonyl (C=O) groups excluding carboxylic acids is 1. The predicted octanol–water partition coefficient (Wildman–Crippen LogP) is 2.06. The quantitative estimate of drug-likeness (QED) is 0.889. The van der Waals surface area contributed by atoms with Gasteiger partial charge in [0.1, 0.15) is 0 Å². The van der Waals surface area contributed by atoms with E-state index in [1.165, 1.54) is 11.1 Å². The zero-order chi connectivity index (χ0) is 13.5. The zero-order valence-electron chi connectivity index (χ0n) is 11.0. The molecular formula is C14H16N4OS. The summed E-state index contributed by atoms with van der Waals surface area (Å²) in [6.45, 7) is 0. The molecule has 104 valence electrons. The second kappa shape index (κ2) is 4.71. The molecule has 3 atom stereocenters. The number of amides is 1. The van der Waals surface area contributed by atoms with E-state index in [0.29, 0.717) is 12.1 Å². The van der Waals surface area contributed by atoms with E-state index >= 15 is 0 Å². The maximum absolute atomic E-state index is 12.2. The Kier molecular flexibility index (Phi) is 2.85. The number of carbonyl (C=O) groups is 1. The molecule has 0 aliphatic carbocycles. The van der Waals surface area contributed by atoms with Gasteiger partial charge in [0.05, 0.1) is 6.20 Å². The van der Waals surface area contributed by atoms with Crippen LogP contribution in [0.5, 0.6) is 0 Å². The molecule has 3 unspecified atom stereocenters. The van der Waals surface area contributed by atoms with Crippen LogP contribution in [-0.2, 0) is 0 Å². The fourth-order valence-corrected chi connectivity index (χ4v) is 3.89. The van der Waals surface area contributed by atoms with Gasteiger partial charge in [0.2, 0.25) is 0 Å². The number of thiophene rings is 1. The van der Waals surface area contributed by atoms with Crippen LogP contribution < -0.4 is 10.6 Å². The third kappa shape index (κ3) is 2.05. The van der Waals surface area contributed by atoms with Crippen molar-refractivity contribution in [3.8, 4) is 11.1 Å². The fourth-order valence-electron chi connectivity index (χ4n) is 3.22. The Hall–Kier alpha value is -1.66. The molecule has 0 spiro atoms. The van der Waals surface area contributed by atoms with Gasteiger partial charge in [0.25, 0.3) is 0 Å². The van der Waals surface area contributed by atoms with Crippen molar-refractivity contribution in [3.63, 3.8) is 0 Å². The third-order valence-electron chi connectivity index (χ3n) is 4.25. The Morgan fingerprint density at radius 3 is 3.10 bits per heavy atom. The molecule has 6 heteroatoms. The van der Waals surface area contributed by atoms with Crippen molar-refractivity contribution >= 4 is 17.4 Å². The molecule has 0 saturated carbocycles. The average Bonchev–Trinajstić information content (AvgIpc) is 3.21. The first-order valence-electron chi connectivity index (χ1n) is 6.94. The molecule has 2 bridgehead atoms. The first kappa shape index (κ1) is 12.1. The summed E-state index contributed by atoms with van der Waals surface area (Å²) in [6.07, 6.45) is 6.96. The largest absolute Gasteiger partial charge is 0.342 e. The Morgan fingerprint density at radius 2 is 2.40 bits per heavy atom. The topological polar surface area (TPSA) is 59.0 Å². The van der Waals surface area contributed by atoms with E-state index < -0.39 is 0 Å². The van der Waals surface area contributed by atoms with Crippen LogP contribution in [0.2, 0.25) is 0 Å². The summed E-state index contributed by atoms with van der Waals surface area (Å²) in [6, 6.07) is 3.17. The molecule has 2 saturated heterocycles. The maximum atomic E-state index is 12.2. The first-order valence-corrected chi connectivity index (χ1v) is 7.88. The summed E-state index contributed by atoms with van der Waals surface area (Å²) in [5.41, 5.74) is 2.09. The molecule has 0 aromatic carbocycles. The van der Waals surface area contributed by atoms with E-state index in [1.54, 1.807) is 23.7 Å². The van der Waals surface area contributed by atoms with E-state index in [9.17, 15) is 4.79 Å². The molecule has 2 aromatic rings. The van der Waals surface area contributed by atoms with Crippen LogP contribution >= 0.6 is 11.3 Å². The van der Waals surface area contributed by atoms with Crippen molar-refractivity contribution < 1.29 is 4.79 Å². The molecule has 2 N–H and O–H groups in total. The number of aromatic nitrogens is 2. The molecule has 2 aromatic heterocycles. The zero-order valence-corrected chi connectivity index (χ0v) is 11.8. The number of hydrogen-bond acceptors (Lipinski definition) is 4. The van der Waals surface area contributed by atoms with Crippen molar-refractivity contribution in [1.82, 2.24) is 20.4 Å². The van der Waals surface area contributed by atoms with Crippen LogP contribution in [0.15, 0.2) is 29.2 Å². The summed E-state index contributed by atoms with van der Waals surface area (Å²) in [5.74, 6) is 0. The number of fused-ring (bicyclic) bond motifs is 2. The molecule has 2 fully saturated rings. The van der Waals surface area contributed by atoms with Crippen molar-refractivity contribution in [2.75, 3.05) is 0 Å². The molecule has 20 heavy (non-hydrogen) atoms. The fraction of sp³-hybridized carbons (Fsp3) is 0.429. The second-order valence-electron chi connectivity index (χ2n) is 5.52. The van der Waals surface area contributed by atoms with Crippen molar-refractivity contribution in [1.29, 1.82) is 0 Å². The van der Waals surface area contributed by atoms with Crippen LogP contribution in [0.1, 0.15) is 19.3 Å². The van der Waals surface area contributed by atoms with E-state index in [-0.39, 0.29) is 12.1 Å². The Morgan fingerprint density at radius 1 is 1.45 bits per heavy atom. The summed E-state index contributed by atoms with van der Waals surface area (Å²) in [5, 5.41) is 14.8. The monoisotopic (exact) mass is 288 g/mol. The van der Waals surface area contributed by atoms with E-state index in [2.05, 4.69) is 21.1 Å². The molecule has 5 nitrogen and oxygen atoms in total. The van der Waals surface area contributed by atoms with Crippen molar-refractivity contribution in [2.24, 2.45) is 0 Å². The van der Waals surface area contributed by atoms with Gasteiger partial charge in [-0.05, 0) is 41.7 Å². The summed E-state index contributed by atoms with van der Waals surface area (Å²) >= 11 is 1.64. The lowest BCUT2D eigenvalue weighted by Crippen LogP contribution is -2.44. The lowest BCUT2D eigenvalue weighted by atomic mass is 9.96. The normalized spacial score (nSPS) is 27.9. The van der Waals surface area contributed by atoms with Crippen LogP contribution in [0, 0.1) is 0 Å². The molecule has 4 rings (SSSR count). The lowest BCUT2D eigenvalue weighted by molar-refractivity contribution is 0.233. The molecule has 1 amide bonds. The van der Waals surface area contributed by atoms with Gasteiger partial charge in [-0.2, -0.15) is 21.1 Å². The van der Waals surface area contributed by atoms with Crippen molar-refractivity contribution in [3.05, 3.63) is 29.2 Å². The standard InChI is InChI=1S/C14H16N4OS/c19-14(17-13-5-11-1-2-12(13)16-11)18-7-10(6-15-18)9-3-4-20-8-9/h3-4,6-8,11-13,16H,1-2,5H2,(H,17,19). The highest BCUT2D eigenvalue weighted by Gasteiger charge is 2.39. The van der Waals surface area contributed by atoms with E-state index in [4.69, 9.17) is 0 Å². The smallest absolute Gasteiger partial charge is 0.332 e. The number of hydrogen-bond donors (Lipinski definition) is 2. The van der Waals surface area contributed by atoms with Gasteiger partial charge in [0.15, 0.2) is 0 Å². The van der Waals surface area contributed by atoms with Gasteiger partial charge < -0.3 is 10.6 Å². The Bertz CT molecular complexity index is 621. The molecule has 2 aliphatic heterocycles. The predicted molar refractivity (Wildman–Crippen MR) is 77.8 cm³/mol.